The van der Waals surface area contributed by atoms with Crippen molar-refractivity contribution in [2.45, 2.75) is 37.9 Å². The highest BCUT2D eigenvalue weighted by atomic mass is 32.1. The summed E-state index contributed by atoms with van der Waals surface area (Å²) in [5.74, 6) is -0.0279. The first-order valence-corrected chi connectivity index (χ1v) is 16.2. The smallest absolute Gasteiger partial charge is 0.248 e. The molecule has 0 radical (unpaired) electrons. The number of β-amino-alcohol motifs (C(OH)–C–C–N with tert-alkyl or cyclic N) is 2. The minimum Gasteiger partial charge on any atom is -0.392 e. The third kappa shape index (κ3) is 9.06. The van der Waals surface area contributed by atoms with E-state index in [1.165, 1.54) is 31.3 Å². The number of benzene rings is 2. The first-order valence-electron chi connectivity index (χ1n) is 14.5. The Bertz CT molecular complexity index is 1390. The molecule has 2 saturated heterocycles. The summed E-state index contributed by atoms with van der Waals surface area (Å²) >= 11 is 3.53. The van der Waals surface area contributed by atoms with Gasteiger partial charge in [0.05, 0.1) is 32.0 Å². The molecule has 1 amide bonds. The van der Waals surface area contributed by atoms with Crippen LogP contribution in [-0.4, -0.2) is 97.3 Å². The van der Waals surface area contributed by atoms with Gasteiger partial charge in [-0.2, -0.15) is 0 Å². The molecule has 2 aliphatic rings. The molecule has 220 valence electrons. The van der Waals surface area contributed by atoms with Crippen molar-refractivity contribution in [3.8, 4) is 0 Å². The van der Waals surface area contributed by atoms with Crippen LogP contribution in [0.1, 0.15) is 24.0 Å². The molecule has 2 atom stereocenters. The highest BCUT2D eigenvalue weighted by Crippen LogP contribution is 2.23. The maximum absolute atomic E-state index is 11.8. The Morgan fingerprint density at radius 2 is 1.39 bits per heavy atom. The van der Waals surface area contributed by atoms with Crippen LogP contribution in [0.2, 0.25) is 0 Å². The fourth-order valence-electron chi connectivity index (χ4n) is 5.25. The van der Waals surface area contributed by atoms with Gasteiger partial charge in [0.15, 0.2) is 0 Å². The van der Waals surface area contributed by atoms with Crippen LogP contribution < -0.4 is 0 Å². The molecule has 9 heteroatoms. The Balaban J connectivity index is 0.000000165. The summed E-state index contributed by atoms with van der Waals surface area (Å²) < 4.78 is 13.8. The molecule has 0 bridgehead atoms. The van der Waals surface area contributed by atoms with Crippen LogP contribution in [0.15, 0.2) is 59.3 Å². The van der Waals surface area contributed by atoms with Gasteiger partial charge in [0.1, 0.15) is 6.61 Å². The maximum atomic E-state index is 11.8. The van der Waals surface area contributed by atoms with E-state index in [0.717, 1.165) is 52.1 Å². The maximum Gasteiger partial charge on any atom is 0.248 e. The summed E-state index contributed by atoms with van der Waals surface area (Å²) in [5.41, 5.74) is 2.57. The first kappa shape index (κ1) is 30.1. The molecule has 4 aromatic rings. The van der Waals surface area contributed by atoms with E-state index in [9.17, 15) is 15.0 Å². The van der Waals surface area contributed by atoms with Crippen LogP contribution in [0.4, 0.5) is 0 Å². The second kappa shape index (κ2) is 15.2. The van der Waals surface area contributed by atoms with Gasteiger partial charge in [-0.3, -0.25) is 9.69 Å². The first-order chi connectivity index (χ1) is 20.0. The average Bonchev–Trinajstić information content (AvgIpc) is 3.79. The topological polar surface area (TPSA) is 82.5 Å². The molecule has 6 rings (SSSR count). The van der Waals surface area contributed by atoms with Gasteiger partial charge in [0.25, 0.3) is 0 Å². The van der Waals surface area contributed by atoms with E-state index < -0.39 is 0 Å². The van der Waals surface area contributed by atoms with Gasteiger partial charge in [0, 0.05) is 42.1 Å². The van der Waals surface area contributed by atoms with E-state index in [1.807, 2.05) is 0 Å². The third-order valence-electron chi connectivity index (χ3n) is 7.64. The SMILES string of the molecule is O=C(COCCc1ccc2sccc2c1)N1CCC(O)C1.OC1CCN(CCOCCc2ccc3sccc3c2)C1. The normalized spacial score (nSPS) is 19.2. The van der Waals surface area contributed by atoms with Crippen LogP contribution in [0.5, 0.6) is 0 Å². The Kier molecular flexibility index (Phi) is 11.2. The van der Waals surface area contributed by atoms with Crippen molar-refractivity contribution in [2.24, 2.45) is 0 Å². The number of thiophene rings is 2. The third-order valence-corrected chi connectivity index (χ3v) is 9.44. The minimum atomic E-state index is -0.369. The van der Waals surface area contributed by atoms with Gasteiger partial charge < -0.3 is 24.6 Å². The molecule has 2 aromatic carbocycles. The van der Waals surface area contributed by atoms with Gasteiger partial charge in [0.2, 0.25) is 5.91 Å². The van der Waals surface area contributed by atoms with Gasteiger partial charge >= 0.3 is 0 Å². The molecule has 2 N–H and O–H groups in total. The van der Waals surface area contributed by atoms with Gasteiger partial charge in [-0.15, -0.1) is 22.7 Å². The second-order valence-electron chi connectivity index (χ2n) is 10.8. The van der Waals surface area contributed by atoms with Gasteiger partial charge in [-0.1, -0.05) is 24.3 Å². The largest absolute Gasteiger partial charge is 0.392 e. The molecule has 7 nitrogen and oxygen atoms in total. The fraction of sp³-hybridized carbons (Fsp3) is 0.469. The van der Waals surface area contributed by atoms with Crippen molar-refractivity contribution in [2.75, 3.05) is 59.2 Å². The number of amides is 1. The number of nitrogens with zero attached hydrogens (tertiary/aromatic N) is 2. The zero-order valence-electron chi connectivity index (χ0n) is 23.5. The van der Waals surface area contributed by atoms with Crippen molar-refractivity contribution >= 4 is 48.8 Å². The van der Waals surface area contributed by atoms with Crippen molar-refractivity contribution in [1.82, 2.24) is 9.80 Å². The van der Waals surface area contributed by atoms with Crippen LogP contribution >= 0.6 is 22.7 Å². The Labute approximate surface area is 249 Å². The molecular weight excluding hydrogens is 556 g/mol. The number of hydrogen-bond acceptors (Lipinski definition) is 8. The van der Waals surface area contributed by atoms with E-state index in [-0.39, 0.29) is 24.7 Å². The van der Waals surface area contributed by atoms with Crippen molar-refractivity contribution in [1.29, 1.82) is 0 Å². The molecule has 2 fully saturated rings. The van der Waals surface area contributed by atoms with E-state index in [2.05, 4.69) is 64.2 Å². The summed E-state index contributed by atoms with van der Waals surface area (Å²) in [7, 11) is 0. The van der Waals surface area contributed by atoms with Gasteiger partial charge in [-0.25, -0.2) is 0 Å². The Hall–Kier alpha value is -2.37. The molecular formula is C32H40N2O5S2. The lowest BCUT2D eigenvalue weighted by Gasteiger charge is -2.15. The number of aliphatic hydroxyl groups excluding tert-OH is 2. The number of hydrogen-bond donors (Lipinski definition) is 2. The van der Waals surface area contributed by atoms with Crippen LogP contribution in [0.3, 0.4) is 0 Å². The lowest BCUT2D eigenvalue weighted by Crippen LogP contribution is -2.32. The molecule has 2 unspecified atom stereocenters. The monoisotopic (exact) mass is 596 g/mol. The van der Waals surface area contributed by atoms with Crippen molar-refractivity contribution in [3.63, 3.8) is 0 Å². The average molecular weight is 597 g/mol. The Morgan fingerprint density at radius 3 is 1.98 bits per heavy atom. The standard InChI is InChI=1S/C16H19NO3S.C16H21NO2S/c18-14-3-6-17(10-14)16(19)11-20-7-4-12-1-2-15-13(9-12)5-8-21-15;18-15-3-6-17(12-15)7-9-19-8-4-13-1-2-16-14(11-13)5-10-20-16/h1-2,5,8-9,14,18H,3-4,6-7,10-11H2;1-2,5,10-11,15,18H,3-4,6-9,12H2. The number of rotatable bonds is 11. The molecule has 0 aliphatic carbocycles. The van der Waals surface area contributed by atoms with Crippen molar-refractivity contribution < 1.29 is 24.5 Å². The molecule has 0 spiro atoms. The summed E-state index contributed by atoms with van der Waals surface area (Å²) in [6, 6.07) is 17.3. The zero-order valence-corrected chi connectivity index (χ0v) is 25.1. The zero-order chi connectivity index (χ0) is 28.4. The molecule has 0 saturated carbocycles. The predicted octanol–water partition coefficient (Wildman–Crippen LogP) is 4.58. The number of ether oxygens (including phenoxy) is 2. The molecule has 4 heterocycles. The number of fused-ring (bicyclic) bond motifs is 2. The van der Waals surface area contributed by atoms with Crippen LogP contribution in [0.25, 0.3) is 20.2 Å². The number of carbonyl (C=O) groups excluding carboxylic acids is 1. The van der Waals surface area contributed by atoms with Crippen LogP contribution in [-0.2, 0) is 27.1 Å². The second-order valence-corrected chi connectivity index (χ2v) is 12.7. The molecule has 2 aliphatic heterocycles. The summed E-state index contributed by atoms with van der Waals surface area (Å²) in [4.78, 5) is 15.8. The van der Waals surface area contributed by atoms with E-state index in [4.69, 9.17) is 9.47 Å². The summed E-state index contributed by atoms with van der Waals surface area (Å²) in [6.07, 6.45) is 2.85. The lowest BCUT2D eigenvalue weighted by atomic mass is 10.1. The van der Waals surface area contributed by atoms with Crippen LogP contribution in [0, 0.1) is 0 Å². The summed E-state index contributed by atoms with van der Waals surface area (Å²) in [6.45, 7) is 5.98. The van der Waals surface area contributed by atoms with Gasteiger partial charge in [-0.05, 0) is 82.6 Å². The minimum absolute atomic E-state index is 0.0279. The molecule has 41 heavy (non-hydrogen) atoms. The molecule has 2 aromatic heterocycles. The Morgan fingerprint density at radius 1 is 0.780 bits per heavy atom. The number of carbonyl (C=O) groups is 1. The highest BCUT2D eigenvalue weighted by molar-refractivity contribution is 7.17. The number of likely N-dealkylation sites (tertiary alicyclic amines) is 2. The summed E-state index contributed by atoms with van der Waals surface area (Å²) in [5, 5.41) is 25.7. The lowest BCUT2D eigenvalue weighted by molar-refractivity contribution is -0.135. The quantitative estimate of drug-likeness (QED) is 0.247. The number of aliphatic hydroxyl groups is 2. The predicted molar refractivity (Wildman–Crippen MR) is 167 cm³/mol. The fourth-order valence-corrected chi connectivity index (χ4v) is 6.80. The van der Waals surface area contributed by atoms with E-state index in [1.54, 1.807) is 27.6 Å². The highest BCUT2D eigenvalue weighted by Gasteiger charge is 2.24. The van der Waals surface area contributed by atoms with E-state index in [0.29, 0.717) is 26.1 Å². The van der Waals surface area contributed by atoms with Crippen molar-refractivity contribution in [3.05, 3.63) is 70.4 Å². The van der Waals surface area contributed by atoms with E-state index >= 15 is 0 Å².